The summed E-state index contributed by atoms with van der Waals surface area (Å²) in [6.45, 7) is 4.62. The van der Waals surface area contributed by atoms with Gasteiger partial charge in [0.05, 0.1) is 13.2 Å². The Hall–Kier alpha value is -4.57. The molecule has 194 valence electrons. The fraction of sp³-hybridized carbons (Fsp3) is 0.171. The summed E-state index contributed by atoms with van der Waals surface area (Å²) in [6, 6.07) is 33.4. The molecule has 6 aromatic rings. The zero-order valence-electron chi connectivity index (χ0n) is 22.2. The van der Waals surface area contributed by atoms with E-state index in [-0.39, 0.29) is 6.61 Å². The van der Waals surface area contributed by atoms with Crippen molar-refractivity contribution in [1.29, 1.82) is 0 Å². The van der Waals surface area contributed by atoms with Crippen LogP contribution in [0.15, 0.2) is 97.1 Å². The molecule has 0 spiro atoms. The van der Waals surface area contributed by atoms with Gasteiger partial charge in [0, 0.05) is 21.9 Å². The van der Waals surface area contributed by atoms with Gasteiger partial charge < -0.3 is 14.2 Å². The number of ether oxygens (including phenoxy) is 3. The maximum Gasteiger partial charge on any atom is 0.344 e. The number of benzene rings is 6. The molecule has 4 nitrogen and oxygen atoms in total. The predicted octanol–water partition coefficient (Wildman–Crippen LogP) is 8.70. The Morgan fingerprint density at radius 1 is 0.538 bits per heavy atom. The molecule has 0 bridgehead atoms. The molecule has 0 saturated carbocycles. The topological polar surface area (TPSA) is 44.8 Å². The molecule has 0 aromatic heterocycles. The molecule has 0 amide bonds. The Labute approximate surface area is 227 Å². The number of hydrogen-bond donors (Lipinski definition) is 0. The smallest absolute Gasteiger partial charge is 0.344 e. The monoisotopic (exact) mass is 514 g/mol. The van der Waals surface area contributed by atoms with Crippen LogP contribution in [0.3, 0.4) is 0 Å². The van der Waals surface area contributed by atoms with Gasteiger partial charge in [-0.1, -0.05) is 104 Å². The fourth-order valence-corrected chi connectivity index (χ4v) is 5.55. The molecule has 0 heterocycles. The summed E-state index contributed by atoms with van der Waals surface area (Å²) in [5.74, 6) is 1.08. The Morgan fingerprint density at radius 3 is 1.36 bits per heavy atom. The van der Waals surface area contributed by atoms with E-state index in [9.17, 15) is 4.79 Å². The van der Waals surface area contributed by atoms with E-state index in [1.165, 1.54) is 0 Å². The fourth-order valence-electron chi connectivity index (χ4n) is 5.55. The van der Waals surface area contributed by atoms with Gasteiger partial charge in [0.1, 0.15) is 11.5 Å². The number of esters is 1. The molecule has 0 N–H and O–H groups in total. The van der Waals surface area contributed by atoms with Gasteiger partial charge in [0.15, 0.2) is 6.61 Å². The SMILES string of the molecule is CCCOc1c(-c2c(OCC(=O)OCC)c3ccccc3c3ccccc23)c2ccccc2c2ccccc12. The van der Waals surface area contributed by atoms with Crippen LogP contribution in [0, 0.1) is 0 Å². The van der Waals surface area contributed by atoms with E-state index < -0.39 is 5.97 Å². The Kier molecular flexibility index (Phi) is 6.76. The third-order valence-electron chi connectivity index (χ3n) is 7.11. The summed E-state index contributed by atoms with van der Waals surface area (Å²) < 4.78 is 18.2. The first-order valence-electron chi connectivity index (χ1n) is 13.5. The van der Waals surface area contributed by atoms with Gasteiger partial charge in [0.25, 0.3) is 0 Å². The molecule has 6 rings (SSSR count). The van der Waals surface area contributed by atoms with Crippen LogP contribution < -0.4 is 9.47 Å². The lowest BCUT2D eigenvalue weighted by Crippen LogP contribution is -2.15. The molecule has 39 heavy (non-hydrogen) atoms. The second-order valence-electron chi connectivity index (χ2n) is 9.53. The summed E-state index contributed by atoms with van der Waals surface area (Å²) in [5, 5.41) is 8.56. The van der Waals surface area contributed by atoms with Crippen molar-refractivity contribution in [2.24, 2.45) is 0 Å². The van der Waals surface area contributed by atoms with Crippen molar-refractivity contribution in [1.82, 2.24) is 0 Å². The molecule has 6 aromatic carbocycles. The standard InChI is InChI=1S/C35H30O4/c1-3-21-38-34-29-19-11-7-15-25(29)23-13-5-9-17-27(23)32(34)33-28-18-10-6-14-24(28)26-16-8-12-20-30(26)35(33)39-22-31(36)37-4-2/h5-20H,3-4,21-22H2,1-2H3. The van der Waals surface area contributed by atoms with Crippen LogP contribution >= 0.6 is 0 Å². The summed E-state index contributed by atoms with van der Waals surface area (Å²) in [4.78, 5) is 12.5. The zero-order chi connectivity index (χ0) is 26.8. The number of fused-ring (bicyclic) bond motifs is 6. The summed E-state index contributed by atoms with van der Waals surface area (Å²) >= 11 is 0. The molecule has 0 saturated heterocycles. The quantitative estimate of drug-likeness (QED) is 0.151. The third-order valence-corrected chi connectivity index (χ3v) is 7.11. The van der Waals surface area contributed by atoms with E-state index in [2.05, 4.69) is 85.8 Å². The minimum Gasteiger partial charge on any atom is -0.492 e. The van der Waals surface area contributed by atoms with Crippen LogP contribution in [0.2, 0.25) is 0 Å². The first-order valence-corrected chi connectivity index (χ1v) is 13.5. The number of carbonyl (C=O) groups is 1. The highest BCUT2D eigenvalue weighted by Gasteiger charge is 2.25. The zero-order valence-corrected chi connectivity index (χ0v) is 22.2. The third kappa shape index (κ3) is 4.32. The van der Waals surface area contributed by atoms with Crippen molar-refractivity contribution < 1.29 is 19.0 Å². The van der Waals surface area contributed by atoms with Crippen LogP contribution in [0.25, 0.3) is 54.2 Å². The predicted molar refractivity (Wildman–Crippen MR) is 160 cm³/mol. The van der Waals surface area contributed by atoms with Gasteiger partial charge in [-0.3, -0.25) is 0 Å². The van der Waals surface area contributed by atoms with Crippen molar-refractivity contribution in [3.63, 3.8) is 0 Å². The lowest BCUT2D eigenvalue weighted by Gasteiger charge is -2.23. The molecular weight excluding hydrogens is 484 g/mol. The molecule has 4 heteroatoms. The van der Waals surface area contributed by atoms with Crippen molar-refractivity contribution in [3.8, 4) is 22.6 Å². The summed E-state index contributed by atoms with van der Waals surface area (Å²) in [7, 11) is 0. The Morgan fingerprint density at radius 2 is 0.923 bits per heavy atom. The van der Waals surface area contributed by atoms with E-state index in [1.807, 2.05) is 18.2 Å². The molecule has 0 aliphatic heterocycles. The van der Waals surface area contributed by atoms with Crippen LogP contribution in [0.1, 0.15) is 20.3 Å². The van der Waals surface area contributed by atoms with Crippen molar-refractivity contribution in [2.75, 3.05) is 19.8 Å². The van der Waals surface area contributed by atoms with E-state index in [4.69, 9.17) is 14.2 Å². The Balaban J connectivity index is 1.80. The van der Waals surface area contributed by atoms with E-state index in [1.54, 1.807) is 6.92 Å². The highest BCUT2D eigenvalue weighted by Crippen LogP contribution is 2.51. The van der Waals surface area contributed by atoms with Crippen molar-refractivity contribution >= 4 is 49.1 Å². The van der Waals surface area contributed by atoms with E-state index in [0.717, 1.165) is 66.4 Å². The maximum absolute atomic E-state index is 12.5. The number of carbonyl (C=O) groups excluding carboxylic acids is 1. The van der Waals surface area contributed by atoms with Gasteiger partial charge in [-0.05, 0) is 45.7 Å². The average Bonchev–Trinajstić information content (AvgIpc) is 2.99. The van der Waals surface area contributed by atoms with Gasteiger partial charge in [-0.2, -0.15) is 0 Å². The molecule has 0 aliphatic rings. The number of rotatable bonds is 8. The second-order valence-corrected chi connectivity index (χ2v) is 9.53. The Bertz CT molecular complexity index is 1840. The maximum atomic E-state index is 12.5. The lowest BCUT2D eigenvalue weighted by molar-refractivity contribution is -0.145. The molecule has 0 atom stereocenters. The van der Waals surface area contributed by atoms with Crippen LogP contribution in [-0.2, 0) is 9.53 Å². The van der Waals surface area contributed by atoms with E-state index in [0.29, 0.717) is 19.0 Å². The van der Waals surface area contributed by atoms with Crippen LogP contribution in [0.4, 0.5) is 0 Å². The second kappa shape index (κ2) is 10.7. The molecule has 0 fully saturated rings. The minimum absolute atomic E-state index is 0.181. The first kappa shape index (κ1) is 24.7. The summed E-state index contributed by atoms with van der Waals surface area (Å²) in [5.41, 5.74) is 1.89. The van der Waals surface area contributed by atoms with Gasteiger partial charge in [0.2, 0.25) is 0 Å². The van der Waals surface area contributed by atoms with Gasteiger partial charge >= 0.3 is 5.97 Å². The lowest BCUT2D eigenvalue weighted by atomic mass is 9.87. The molecule has 0 radical (unpaired) electrons. The highest BCUT2D eigenvalue weighted by molar-refractivity contribution is 6.24. The van der Waals surface area contributed by atoms with Crippen LogP contribution in [0.5, 0.6) is 11.5 Å². The molecule has 0 unspecified atom stereocenters. The first-order chi connectivity index (χ1) is 19.2. The number of hydrogen-bond acceptors (Lipinski definition) is 4. The minimum atomic E-state index is -0.397. The van der Waals surface area contributed by atoms with Gasteiger partial charge in [-0.25, -0.2) is 4.79 Å². The molecule has 0 aliphatic carbocycles. The normalized spacial score (nSPS) is 11.3. The largest absolute Gasteiger partial charge is 0.492 e. The van der Waals surface area contributed by atoms with Gasteiger partial charge in [-0.15, -0.1) is 0 Å². The molecular formula is C35H30O4. The van der Waals surface area contributed by atoms with Crippen LogP contribution in [-0.4, -0.2) is 25.8 Å². The van der Waals surface area contributed by atoms with Crippen molar-refractivity contribution in [3.05, 3.63) is 97.1 Å². The van der Waals surface area contributed by atoms with Crippen molar-refractivity contribution in [2.45, 2.75) is 20.3 Å². The highest BCUT2D eigenvalue weighted by atomic mass is 16.6. The summed E-state index contributed by atoms with van der Waals surface area (Å²) in [6.07, 6.45) is 0.880. The van der Waals surface area contributed by atoms with E-state index >= 15 is 0 Å². The average molecular weight is 515 g/mol.